The lowest BCUT2D eigenvalue weighted by Gasteiger charge is -2.09. The smallest absolute Gasteiger partial charge is 0.188 e. The van der Waals surface area contributed by atoms with Gasteiger partial charge in [0, 0.05) is 23.7 Å². The molecule has 0 aliphatic rings. The molecule has 2 aromatic heterocycles. The molecule has 0 bridgehead atoms. The average Bonchev–Trinajstić information content (AvgIpc) is 2.98. The minimum atomic E-state index is -0.0271. The molecule has 2 heterocycles. The molecular weight excluding hydrogens is 326 g/mol. The Kier molecular flexibility index (Phi) is 5.25. The first-order valence-electron chi connectivity index (χ1n) is 7.40. The van der Waals surface area contributed by atoms with Crippen molar-refractivity contribution in [1.82, 2.24) is 9.97 Å². The van der Waals surface area contributed by atoms with E-state index in [2.05, 4.69) is 15.3 Å². The van der Waals surface area contributed by atoms with Crippen LogP contribution in [0.25, 0.3) is 0 Å². The van der Waals surface area contributed by atoms with Gasteiger partial charge in [-0.25, -0.2) is 9.97 Å². The van der Waals surface area contributed by atoms with Gasteiger partial charge in [0.25, 0.3) is 0 Å². The summed E-state index contributed by atoms with van der Waals surface area (Å²) in [6.45, 7) is 2.17. The van der Waals surface area contributed by atoms with Crippen molar-refractivity contribution in [3.8, 4) is 17.2 Å². The van der Waals surface area contributed by atoms with Gasteiger partial charge in [0.15, 0.2) is 5.13 Å². The molecular formula is C17H17N3O3S. The Balaban J connectivity index is 1.70. The van der Waals surface area contributed by atoms with Crippen LogP contribution < -0.4 is 14.8 Å². The van der Waals surface area contributed by atoms with Gasteiger partial charge in [-0.3, -0.25) is 0 Å². The average molecular weight is 343 g/mol. The zero-order valence-electron chi connectivity index (χ0n) is 13.1. The lowest BCUT2D eigenvalue weighted by Crippen LogP contribution is -2.01. The highest BCUT2D eigenvalue weighted by atomic mass is 32.1. The van der Waals surface area contributed by atoms with Gasteiger partial charge in [-0.15, -0.1) is 11.3 Å². The number of hydrogen-bond donors (Lipinski definition) is 2. The van der Waals surface area contributed by atoms with Gasteiger partial charge in [0.1, 0.15) is 29.7 Å². The molecule has 0 aliphatic carbocycles. The fourth-order valence-electron chi connectivity index (χ4n) is 1.99. The molecule has 0 saturated carbocycles. The number of nitrogens with one attached hydrogen (secondary N) is 1. The van der Waals surface area contributed by atoms with E-state index in [1.165, 1.54) is 11.3 Å². The Morgan fingerprint density at radius 3 is 2.79 bits per heavy atom. The summed E-state index contributed by atoms with van der Waals surface area (Å²) in [7, 11) is 0. The molecule has 0 unspecified atom stereocenters. The molecule has 0 radical (unpaired) electrons. The molecule has 6 nitrogen and oxygen atoms in total. The minimum absolute atomic E-state index is 0.0271. The second kappa shape index (κ2) is 7.76. The topological polar surface area (TPSA) is 76.5 Å². The van der Waals surface area contributed by atoms with Crippen molar-refractivity contribution < 1.29 is 14.6 Å². The Labute approximate surface area is 143 Å². The van der Waals surface area contributed by atoms with Crippen LogP contribution >= 0.6 is 11.3 Å². The predicted octanol–water partition coefficient (Wildman–Crippen LogP) is 3.75. The zero-order chi connectivity index (χ0) is 16.8. The second-order valence-corrected chi connectivity index (χ2v) is 5.80. The van der Waals surface area contributed by atoms with E-state index in [0.29, 0.717) is 23.1 Å². The van der Waals surface area contributed by atoms with Crippen molar-refractivity contribution in [1.29, 1.82) is 0 Å². The molecule has 0 fully saturated rings. The number of aryl methyl sites for hydroxylation is 1. The molecule has 3 aromatic rings. The summed E-state index contributed by atoms with van der Waals surface area (Å²) in [5.74, 6) is 2.61. The summed E-state index contributed by atoms with van der Waals surface area (Å²) in [5.41, 5.74) is 0.967. The van der Waals surface area contributed by atoms with Gasteiger partial charge in [-0.05, 0) is 25.1 Å². The van der Waals surface area contributed by atoms with Crippen LogP contribution in [0.2, 0.25) is 0 Å². The number of nitrogens with zero attached hydrogens (tertiary/aromatic N) is 2. The second-order valence-electron chi connectivity index (χ2n) is 4.94. The SMILES string of the molecule is Cc1csc(Nc2cc(Oc3cccc(OCCO)c3)ccn2)n1. The maximum Gasteiger partial charge on any atom is 0.188 e. The van der Waals surface area contributed by atoms with Crippen LogP contribution in [0, 0.1) is 6.92 Å². The highest BCUT2D eigenvalue weighted by Gasteiger charge is 2.04. The van der Waals surface area contributed by atoms with Gasteiger partial charge in [0.2, 0.25) is 0 Å². The van der Waals surface area contributed by atoms with Crippen molar-refractivity contribution in [3.63, 3.8) is 0 Å². The third kappa shape index (κ3) is 4.43. The van der Waals surface area contributed by atoms with Crippen LogP contribution in [-0.4, -0.2) is 28.3 Å². The first kappa shape index (κ1) is 16.2. The van der Waals surface area contributed by atoms with Crippen LogP contribution in [0.1, 0.15) is 5.69 Å². The van der Waals surface area contributed by atoms with Gasteiger partial charge in [0.05, 0.1) is 12.3 Å². The van der Waals surface area contributed by atoms with Gasteiger partial charge in [-0.1, -0.05) is 6.07 Å². The van der Waals surface area contributed by atoms with Gasteiger partial charge in [-0.2, -0.15) is 0 Å². The summed E-state index contributed by atoms with van der Waals surface area (Å²) < 4.78 is 11.2. The molecule has 24 heavy (non-hydrogen) atoms. The standard InChI is InChI=1S/C17H17N3O3S/c1-12-11-24-17(19-12)20-16-10-15(5-6-18-16)23-14-4-2-3-13(9-14)22-8-7-21/h2-6,9-11,21H,7-8H2,1H3,(H,18,19,20). The summed E-state index contributed by atoms with van der Waals surface area (Å²) in [6.07, 6.45) is 1.67. The number of ether oxygens (including phenoxy) is 2. The summed E-state index contributed by atoms with van der Waals surface area (Å²) in [5, 5.41) is 14.7. The first-order valence-corrected chi connectivity index (χ1v) is 8.28. The third-order valence-corrected chi connectivity index (χ3v) is 3.86. The minimum Gasteiger partial charge on any atom is -0.491 e. The van der Waals surface area contributed by atoms with Crippen molar-refractivity contribution in [2.24, 2.45) is 0 Å². The molecule has 0 spiro atoms. The van der Waals surface area contributed by atoms with E-state index >= 15 is 0 Å². The van der Waals surface area contributed by atoms with Crippen LogP contribution in [0.15, 0.2) is 48.0 Å². The number of anilines is 2. The monoisotopic (exact) mass is 343 g/mol. The Morgan fingerprint density at radius 1 is 1.17 bits per heavy atom. The molecule has 1 aromatic carbocycles. The Hall–Kier alpha value is -2.64. The molecule has 7 heteroatoms. The number of aliphatic hydroxyl groups excluding tert-OH is 1. The third-order valence-electron chi connectivity index (χ3n) is 2.99. The largest absolute Gasteiger partial charge is 0.491 e. The first-order chi connectivity index (χ1) is 11.7. The number of thiazole rings is 1. The summed E-state index contributed by atoms with van der Waals surface area (Å²) >= 11 is 1.52. The van der Waals surface area contributed by atoms with E-state index in [1.807, 2.05) is 30.5 Å². The molecule has 0 amide bonds. The Bertz CT molecular complexity index is 807. The van der Waals surface area contributed by atoms with Crippen molar-refractivity contribution in [2.45, 2.75) is 6.92 Å². The number of hydrogen-bond acceptors (Lipinski definition) is 7. The molecule has 124 valence electrons. The van der Waals surface area contributed by atoms with E-state index < -0.39 is 0 Å². The molecule has 0 saturated heterocycles. The lowest BCUT2D eigenvalue weighted by molar-refractivity contribution is 0.201. The predicted molar refractivity (Wildman–Crippen MR) is 93.5 cm³/mol. The van der Waals surface area contributed by atoms with E-state index in [4.69, 9.17) is 14.6 Å². The lowest BCUT2D eigenvalue weighted by atomic mass is 10.3. The quantitative estimate of drug-likeness (QED) is 0.680. The summed E-state index contributed by atoms with van der Waals surface area (Å²) in [4.78, 5) is 8.62. The van der Waals surface area contributed by atoms with E-state index in [0.717, 1.165) is 10.8 Å². The van der Waals surface area contributed by atoms with E-state index in [-0.39, 0.29) is 13.2 Å². The maximum absolute atomic E-state index is 8.81. The van der Waals surface area contributed by atoms with Crippen LogP contribution in [0.3, 0.4) is 0 Å². The Morgan fingerprint density at radius 2 is 2.00 bits per heavy atom. The number of aromatic nitrogens is 2. The molecule has 2 N–H and O–H groups in total. The molecule has 3 rings (SSSR count). The normalized spacial score (nSPS) is 10.4. The number of aliphatic hydroxyl groups is 1. The summed E-state index contributed by atoms with van der Waals surface area (Å²) in [6, 6.07) is 10.8. The van der Waals surface area contributed by atoms with Crippen molar-refractivity contribution in [3.05, 3.63) is 53.7 Å². The van der Waals surface area contributed by atoms with Gasteiger partial charge < -0.3 is 19.9 Å². The van der Waals surface area contributed by atoms with E-state index in [9.17, 15) is 0 Å². The van der Waals surface area contributed by atoms with Gasteiger partial charge >= 0.3 is 0 Å². The van der Waals surface area contributed by atoms with Crippen LogP contribution in [0.5, 0.6) is 17.2 Å². The zero-order valence-corrected chi connectivity index (χ0v) is 13.9. The maximum atomic E-state index is 8.81. The number of benzene rings is 1. The molecule has 0 atom stereocenters. The molecule has 0 aliphatic heterocycles. The highest BCUT2D eigenvalue weighted by Crippen LogP contribution is 2.27. The highest BCUT2D eigenvalue weighted by molar-refractivity contribution is 7.13. The van der Waals surface area contributed by atoms with Crippen LogP contribution in [0.4, 0.5) is 10.9 Å². The number of pyridine rings is 1. The van der Waals surface area contributed by atoms with Crippen molar-refractivity contribution in [2.75, 3.05) is 18.5 Å². The number of rotatable bonds is 7. The van der Waals surface area contributed by atoms with E-state index in [1.54, 1.807) is 24.4 Å². The van der Waals surface area contributed by atoms with Crippen LogP contribution in [-0.2, 0) is 0 Å². The fraction of sp³-hybridized carbons (Fsp3) is 0.176. The van der Waals surface area contributed by atoms with Crippen molar-refractivity contribution >= 4 is 22.3 Å². The fourth-order valence-corrected chi connectivity index (χ4v) is 2.69.